The first-order valence-corrected chi connectivity index (χ1v) is 12.4. The Balaban J connectivity index is 1.54. The minimum atomic E-state index is -0.168. The number of benzene rings is 2. The van der Waals surface area contributed by atoms with Gasteiger partial charge in [0.2, 0.25) is 5.91 Å². The Morgan fingerprint density at radius 2 is 1.79 bits per heavy atom. The quantitative estimate of drug-likeness (QED) is 0.463. The second-order valence-electron chi connectivity index (χ2n) is 8.33. The minimum Gasteiger partial charge on any atom is -0.491 e. The molecule has 0 bridgehead atoms. The number of rotatable bonds is 8. The normalized spacial score (nSPS) is 16.1. The third-order valence-corrected chi connectivity index (χ3v) is 7.27. The number of nitrogens with zero attached hydrogens (tertiary/aromatic N) is 2. The second kappa shape index (κ2) is 10.7. The molecule has 6 heteroatoms. The van der Waals surface area contributed by atoms with E-state index < -0.39 is 0 Å². The number of amides is 2. The maximum atomic E-state index is 13.6. The fourth-order valence-corrected chi connectivity index (χ4v) is 5.13. The fraction of sp³-hybridized carbons (Fsp3) is 0.333. The van der Waals surface area contributed by atoms with E-state index in [0.29, 0.717) is 18.7 Å². The summed E-state index contributed by atoms with van der Waals surface area (Å²) >= 11 is 1.73. The Morgan fingerprint density at radius 3 is 2.48 bits per heavy atom. The number of fused-ring (bicyclic) bond motifs is 1. The molecule has 33 heavy (non-hydrogen) atoms. The maximum absolute atomic E-state index is 13.6. The topological polar surface area (TPSA) is 49.9 Å². The summed E-state index contributed by atoms with van der Waals surface area (Å²) in [6, 6.07) is 20.8. The van der Waals surface area contributed by atoms with Crippen molar-refractivity contribution in [3.05, 3.63) is 88.1 Å². The molecule has 1 aliphatic heterocycles. The lowest BCUT2D eigenvalue weighted by atomic mass is 10.00. The minimum absolute atomic E-state index is 0.0397. The number of carbonyl (C=O) groups excluding carboxylic acids is 2. The van der Waals surface area contributed by atoms with E-state index >= 15 is 0 Å². The van der Waals surface area contributed by atoms with Gasteiger partial charge in [0.25, 0.3) is 5.91 Å². The Hall–Kier alpha value is -3.12. The van der Waals surface area contributed by atoms with Crippen LogP contribution in [0.5, 0.6) is 5.75 Å². The van der Waals surface area contributed by atoms with Gasteiger partial charge in [-0.05, 0) is 61.0 Å². The first-order chi connectivity index (χ1) is 16.1. The van der Waals surface area contributed by atoms with Gasteiger partial charge in [-0.1, -0.05) is 43.3 Å². The van der Waals surface area contributed by atoms with Gasteiger partial charge in [-0.25, -0.2) is 0 Å². The predicted molar refractivity (Wildman–Crippen MR) is 132 cm³/mol. The van der Waals surface area contributed by atoms with Crippen LogP contribution in [0.25, 0.3) is 0 Å². The molecule has 1 aliphatic rings. The molecule has 5 nitrogen and oxygen atoms in total. The molecule has 0 fully saturated rings. The van der Waals surface area contributed by atoms with Gasteiger partial charge in [0, 0.05) is 23.0 Å². The van der Waals surface area contributed by atoms with Crippen LogP contribution in [-0.2, 0) is 11.2 Å². The molecule has 0 N–H and O–H groups in total. The van der Waals surface area contributed by atoms with E-state index in [1.165, 1.54) is 4.88 Å². The van der Waals surface area contributed by atoms with Crippen molar-refractivity contribution in [1.82, 2.24) is 9.80 Å². The van der Waals surface area contributed by atoms with Crippen LogP contribution in [0.3, 0.4) is 0 Å². The molecular weight excluding hydrogens is 432 g/mol. The van der Waals surface area contributed by atoms with Gasteiger partial charge < -0.3 is 14.5 Å². The van der Waals surface area contributed by atoms with Crippen LogP contribution in [0.4, 0.5) is 0 Å². The highest BCUT2D eigenvalue weighted by Gasteiger charge is 2.34. The standard InChI is InChI=1S/C27H30N2O3S/c1-3-20(2)29(27(31)21-10-6-4-7-11-21)18-26(30)28-16-14-25-23(15-17-33-25)24(28)19-32-22-12-8-5-9-13-22/h4-13,15,17,20,24H,3,14,16,18-19H2,1-2H3/t20-,24+/m0/s1. The number of para-hydroxylation sites is 1. The van der Waals surface area contributed by atoms with Crippen molar-refractivity contribution >= 4 is 23.2 Å². The maximum Gasteiger partial charge on any atom is 0.254 e. The highest BCUT2D eigenvalue weighted by Crippen LogP contribution is 2.34. The van der Waals surface area contributed by atoms with Crippen molar-refractivity contribution in [3.63, 3.8) is 0 Å². The zero-order valence-corrected chi connectivity index (χ0v) is 20.0. The summed E-state index contributed by atoms with van der Waals surface area (Å²) < 4.78 is 6.07. The smallest absolute Gasteiger partial charge is 0.254 e. The van der Waals surface area contributed by atoms with Crippen molar-refractivity contribution in [1.29, 1.82) is 0 Å². The molecule has 0 saturated heterocycles. The first kappa shape index (κ1) is 23.1. The number of hydrogen-bond acceptors (Lipinski definition) is 4. The van der Waals surface area contributed by atoms with E-state index in [0.717, 1.165) is 24.2 Å². The molecule has 0 radical (unpaired) electrons. The molecular formula is C27H30N2O3S. The summed E-state index contributed by atoms with van der Waals surface area (Å²) in [4.78, 5) is 31.7. The fourth-order valence-electron chi connectivity index (χ4n) is 4.20. The molecule has 1 aromatic heterocycles. The highest BCUT2D eigenvalue weighted by molar-refractivity contribution is 7.10. The Labute approximate surface area is 199 Å². The van der Waals surface area contributed by atoms with Crippen molar-refractivity contribution in [2.24, 2.45) is 0 Å². The number of thiophene rings is 1. The van der Waals surface area contributed by atoms with Crippen LogP contribution in [0.15, 0.2) is 72.1 Å². The summed E-state index contributed by atoms with van der Waals surface area (Å²) in [5.41, 5.74) is 1.76. The van der Waals surface area contributed by atoms with Gasteiger partial charge >= 0.3 is 0 Å². The third-order valence-electron chi connectivity index (χ3n) is 6.28. The lowest BCUT2D eigenvalue weighted by Gasteiger charge is -2.38. The van der Waals surface area contributed by atoms with Crippen molar-refractivity contribution in [3.8, 4) is 5.75 Å². The molecule has 172 valence electrons. The van der Waals surface area contributed by atoms with Crippen LogP contribution in [0, 0.1) is 0 Å². The lowest BCUT2D eigenvalue weighted by Crippen LogP contribution is -2.49. The van der Waals surface area contributed by atoms with E-state index in [2.05, 4.69) is 11.4 Å². The van der Waals surface area contributed by atoms with Gasteiger partial charge in [-0.2, -0.15) is 0 Å². The molecule has 0 saturated carbocycles. The van der Waals surface area contributed by atoms with E-state index in [4.69, 9.17) is 4.74 Å². The van der Waals surface area contributed by atoms with Crippen LogP contribution >= 0.6 is 11.3 Å². The average Bonchev–Trinajstić information content (AvgIpc) is 3.35. The first-order valence-electron chi connectivity index (χ1n) is 11.5. The molecule has 0 unspecified atom stereocenters. The average molecular weight is 463 g/mol. The molecule has 4 rings (SSSR count). The molecule has 0 spiro atoms. The van der Waals surface area contributed by atoms with Crippen LogP contribution in [0.2, 0.25) is 0 Å². The Bertz CT molecular complexity index is 1070. The third kappa shape index (κ3) is 5.28. The van der Waals surface area contributed by atoms with Gasteiger partial charge in [0.15, 0.2) is 0 Å². The Kier molecular flexibility index (Phi) is 7.45. The summed E-state index contributed by atoms with van der Waals surface area (Å²) in [5, 5.41) is 2.08. The summed E-state index contributed by atoms with van der Waals surface area (Å²) in [6.07, 6.45) is 1.61. The monoisotopic (exact) mass is 462 g/mol. The van der Waals surface area contributed by atoms with Gasteiger partial charge in [0.1, 0.15) is 18.9 Å². The van der Waals surface area contributed by atoms with Crippen LogP contribution in [-0.4, -0.2) is 47.4 Å². The summed E-state index contributed by atoms with van der Waals surface area (Å²) in [5.74, 6) is 0.634. The van der Waals surface area contributed by atoms with E-state index in [1.54, 1.807) is 28.4 Å². The SMILES string of the molecule is CC[C@H](C)N(CC(=O)N1CCc2sccc2[C@H]1COc1ccccc1)C(=O)c1ccccc1. The largest absolute Gasteiger partial charge is 0.491 e. The van der Waals surface area contributed by atoms with E-state index in [1.807, 2.05) is 67.3 Å². The zero-order chi connectivity index (χ0) is 23.2. The lowest BCUT2D eigenvalue weighted by molar-refractivity contribution is -0.136. The molecule has 2 aromatic carbocycles. The molecule has 2 heterocycles. The van der Waals surface area contributed by atoms with E-state index in [-0.39, 0.29) is 30.4 Å². The van der Waals surface area contributed by atoms with Crippen molar-refractivity contribution < 1.29 is 14.3 Å². The highest BCUT2D eigenvalue weighted by atomic mass is 32.1. The molecule has 0 aliphatic carbocycles. The number of ether oxygens (including phenoxy) is 1. The Morgan fingerprint density at radius 1 is 1.09 bits per heavy atom. The predicted octanol–water partition coefficient (Wildman–Crippen LogP) is 5.19. The molecule has 2 atom stereocenters. The van der Waals surface area contributed by atoms with Crippen molar-refractivity contribution in [2.45, 2.75) is 38.8 Å². The second-order valence-corrected chi connectivity index (χ2v) is 9.33. The number of hydrogen-bond donors (Lipinski definition) is 0. The summed E-state index contributed by atoms with van der Waals surface area (Å²) in [6.45, 7) is 5.11. The van der Waals surface area contributed by atoms with Gasteiger partial charge in [-0.15, -0.1) is 11.3 Å². The van der Waals surface area contributed by atoms with Gasteiger partial charge in [-0.3, -0.25) is 9.59 Å². The summed E-state index contributed by atoms with van der Waals surface area (Å²) in [7, 11) is 0. The van der Waals surface area contributed by atoms with Gasteiger partial charge in [0.05, 0.1) is 6.04 Å². The number of carbonyl (C=O) groups is 2. The van der Waals surface area contributed by atoms with Crippen LogP contribution < -0.4 is 4.74 Å². The molecule has 2 amide bonds. The zero-order valence-electron chi connectivity index (χ0n) is 19.1. The van der Waals surface area contributed by atoms with Crippen LogP contribution in [0.1, 0.15) is 47.1 Å². The van der Waals surface area contributed by atoms with E-state index in [9.17, 15) is 9.59 Å². The molecule has 3 aromatic rings. The van der Waals surface area contributed by atoms with Crippen molar-refractivity contribution in [2.75, 3.05) is 19.7 Å².